The summed E-state index contributed by atoms with van der Waals surface area (Å²) in [6.45, 7) is 7.40. The molecule has 2 N–H and O–H groups in total. The zero-order valence-corrected chi connectivity index (χ0v) is 10.3. The molecule has 0 saturated heterocycles. The first kappa shape index (κ1) is 11.5. The minimum Gasteiger partial charge on any atom is -0.379 e. The summed E-state index contributed by atoms with van der Waals surface area (Å²) in [5.41, 5.74) is 1.31. The first-order chi connectivity index (χ1) is 7.70. The number of nitrogens with zero attached hydrogens (tertiary/aromatic N) is 1. The van der Waals surface area contributed by atoms with Crippen molar-refractivity contribution in [2.24, 2.45) is 5.41 Å². The maximum absolute atomic E-state index is 5.77. The van der Waals surface area contributed by atoms with E-state index in [9.17, 15) is 0 Å². The lowest BCUT2D eigenvalue weighted by atomic mass is 9.61. The van der Waals surface area contributed by atoms with Crippen LogP contribution in [0.5, 0.6) is 0 Å². The SMILES string of the molecule is CCOC1CC(Nc2cn[nH]c2)C1(C)CC. The van der Waals surface area contributed by atoms with Crippen molar-refractivity contribution in [2.45, 2.75) is 45.8 Å². The maximum atomic E-state index is 5.77. The van der Waals surface area contributed by atoms with Crippen LogP contribution in [-0.4, -0.2) is 29.0 Å². The Kier molecular flexibility index (Phi) is 3.19. The molecule has 1 saturated carbocycles. The van der Waals surface area contributed by atoms with Crippen LogP contribution >= 0.6 is 0 Å². The third-order valence-corrected chi connectivity index (χ3v) is 3.95. The Morgan fingerprint density at radius 1 is 1.62 bits per heavy atom. The van der Waals surface area contributed by atoms with Crippen molar-refractivity contribution in [3.8, 4) is 0 Å². The molecule has 2 rings (SSSR count). The first-order valence-electron chi connectivity index (χ1n) is 6.07. The minimum absolute atomic E-state index is 0.243. The van der Waals surface area contributed by atoms with Gasteiger partial charge < -0.3 is 10.1 Å². The fraction of sp³-hybridized carbons (Fsp3) is 0.750. The number of hydrogen-bond donors (Lipinski definition) is 2. The van der Waals surface area contributed by atoms with E-state index < -0.39 is 0 Å². The van der Waals surface area contributed by atoms with Crippen molar-refractivity contribution in [1.29, 1.82) is 0 Å². The average molecular weight is 223 g/mol. The highest BCUT2D eigenvalue weighted by molar-refractivity contribution is 5.40. The second-order valence-corrected chi connectivity index (χ2v) is 4.72. The van der Waals surface area contributed by atoms with Gasteiger partial charge in [0.15, 0.2) is 0 Å². The van der Waals surface area contributed by atoms with Gasteiger partial charge in [0.05, 0.1) is 18.0 Å². The number of aromatic amines is 1. The molecule has 16 heavy (non-hydrogen) atoms. The number of aromatic nitrogens is 2. The highest BCUT2D eigenvalue weighted by Crippen LogP contribution is 2.47. The molecule has 1 aromatic heterocycles. The van der Waals surface area contributed by atoms with E-state index in [2.05, 4.69) is 36.3 Å². The van der Waals surface area contributed by atoms with E-state index in [0.29, 0.717) is 12.1 Å². The van der Waals surface area contributed by atoms with Crippen LogP contribution in [0.3, 0.4) is 0 Å². The van der Waals surface area contributed by atoms with Crippen LogP contribution in [-0.2, 0) is 4.74 Å². The normalized spacial score (nSPS) is 33.4. The van der Waals surface area contributed by atoms with Crippen LogP contribution in [0.2, 0.25) is 0 Å². The first-order valence-corrected chi connectivity index (χ1v) is 6.07. The summed E-state index contributed by atoms with van der Waals surface area (Å²) in [5.74, 6) is 0. The van der Waals surface area contributed by atoms with Crippen LogP contribution in [0.15, 0.2) is 12.4 Å². The molecule has 0 aromatic carbocycles. The molecule has 1 aromatic rings. The molecule has 0 aliphatic heterocycles. The van der Waals surface area contributed by atoms with Crippen molar-refractivity contribution in [1.82, 2.24) is 10.2 Å². The van der Waals surface area contributed by atoms with E-state index in [4.69, 9.17) is 4.74 Å². The number of nitrogens with one attached hydrogen (secondary N) is 2. The van der Waals surface area contributed by atoms with Crippen LogP contribution in [0.1, 0.15) is 33.6 Å². The highest BCUT2D eigenvalue weighted by Gasteiger charge is 2.51. The van der Waals surface area contributed by atoms with Gasteiger partial charge in [-0.3, -0.25) is 5.10 Å². The van der Waals surface area contributed by atoms with Gasteiger partial charge in [0.1, 0.15) is 0 Å². The second-order valence-electron chi connectivity index (χ2n) is 4.72. The van der Waals surface area contributed by atoms with Gasteiger partial charge in [-0.2, -0.15) is 5.10 Å². The van der Waals surface area contributed by atoms with E-state index in [0.717, 1.165) is 25.1 Å². The molecule has 1 aliphatic rings. The molecule has 3 atom stereocenters. The topological polar surface area (TPSA) is 49.9 Å². The molecule has 1 heterocycles. The number of H-pyrrole nitrogens is 1. The maximum Gasteiger partial charge on any atom is 0.0726 e. The minimum atomic E-state index is 0.243. The summed E-state index contributed by atoms with van der Waals surface area (Å²) in [6, 6.07) is 0.492. The Bertz CT molecular complexity index is 325. The third-order valence-electron chi connectivity index (χ3n) is 3.95. The molecule has 3 unspecified atom stereocenters. The molecule has 4 heteroatoms. The lowest BCUT2D eigenvalue weighted by molar-refractivity contribution is -0.109. The molecule has 0 spiro atoms. The van der Waals surface area contributed by atoms with Gasteiger partial charge in [-0.15, -0.1) is 0 Å². The molecular formula is C12H21N3O. The van der Waals surface area contributed by atoms with E-state index in [1.165, 1.54) is 0 Å². The van der Waals surface area contributed by atoms with Crippen LogP contribution < -0.4 is 5.32 Å². The molecule has 0 radical (unpaired) electrons. The molecule has 4 nitrogen and oxygen atoms in total. The third kappa shape index (κ3) is 1.82. The van der Waals surface area contributed by atoms with Crippen molar-refractivity contribution < 1.29 is 4.74 Å². The van der Waals surface area contributed by atoms with Gasteiger partial charge in [-0.1, -0.05) is 13.8 Å². The van der Waals surface area contributed by atoms with E-state index in [1.54, 1.807) is 0 Å². The Morgan fingerprint density at radius 2 is 2.44 bits per heavy atom. The summed E-state index contributed by atoms with van der Waals surface area (Å²) >= 11 is 0. The Morgan fingerprint density at radius 3 is 3.00 bits per heavy atom. The molecule has 0 amide bonds. The molecule has 90 valence electrons. The summed E-state index contributed by atoms with van der Waals surface area (Å²) in [7, 11) is 0. The number of ether oxygens (including phenoxy) is 1. The molecule has 1 fully saturated rings. The second kappa shape index (κ2) is 4.45. The molecular weight excluding hydrogens is 202 g/mol. The van der Waals surface area contributed by atoms with Crippen molar-refractivity contribution in [2.75, 3.05) is 11.9 Å². The smallest absolute Gasteiger partial charge is 0.0726 e. The predicted molar refractivity (Wildman–Crippen MR) is 64.4 cm³/mol. The number of anilines is 1. The zero-order chi connectivity index (χ0) is 11.6. The van der Waals surface area contributed by atoms with E-state index in [-0.39, 0.29) is 5.41 Å². The van der Waals surface area contributed by atoms with Crippen molar-refractivity contribution in [3.63, 3.8) is 0 Å². The summed E-state index contributed by atoms with van der Waals surface area (Å²) < 4.78 is 5.77. The zero-order valence-electron chi connectivity index (χ0n) is 10.3. The molecule has 1 aliphatic carbocycles. The van der Waals surface area contributed by atoms with Crippen LogP contribution in [0, 0.1) is 5.41 Å². The van der Waals surface area contributed by atoms with E-state index in [1.807, 2.05) is 12.4 Å². The van der Waals surface area contributed by atoms with Crippen LogP contribution in [0.25, 0.3) is 0 Å². The average Bonchev–Trinajstić information content (AvgIpc) is 2.79. The largest absolute Gasteiger partial charge is 0.379 e. The fourth-order valence-corrected chi connectivity index (χ4v) is 2.50. The standard InChI is InChI=1S/C12H21N3O/c1-4-12(3)10(6-11(12)16-5-2)15-9-7-13-14-8-9/h7-8,10-11,15H,4-6H2,1-3H3,(H,13,14). The van der Waals surface area contributed by atoms with Gasteiger partial charge in [-0.05, 0) is 19.8 Å². The number of rotatable bonds is 5. The highest BCUT2D eigenvalue weighted by atomic mass is 16.5. The summed E-state index contributed by atoms with van der Waals surface area (Å²) in [5, 5.41) is 10.3. The summed E-state index contributed by atoms with van der Waals surface area (Å²) in [6.07, 6.45) is 6.33. The fourth-order valence-electron chi connectivity index (χ4n) is 2.50. The predicted octanol–water partition coefficient (Wildman–Crippen LogP) is 2.42. The lowest BCUT2D eigenvalue weighted by Gasteiger charge is -2.53. The Balaban J connectivity index is 1.97. The monoisotopic (exact) mass is 223 g/mol. The van der Waals surface area contributed by atoms with Gasteiger partial charge in [0.25, 0.3) is 0 Å². The van der Waals surface area contributed by atoms with E-state index >= 15 is 0 Å². The van der Waals surface area contributed by atoms with Gasteiger partial charge in [0, 0.05) is 24.3 Å². The van der Waals surface area contributed by atoms with Crippen molar-refractivity contribution in [3.05, 3.63) is 12.4 Å². The van der Waals surface area contributed by atoms with Gasteiger partial charge in [-0.25, -0.2) is 0 Å². The molecule has 0 bridgehead atoms. The Hall–Kier alpha value is -1.03. The van der Waals surface area contributed by atoms with Gasteiger partial charge >= 0.3 is 0 Å². The van der Waals surface area contributed by atoms with Crippen LogP contribution in [0.4, 0.5) is 5.69 Å². The summed E-state index contributed by atoms with van der Waals surface area (Å²) in [4.78, 5) is 0. The van der Waals surface area contributed by atoms with Gasteiger partial charge in [0.2, 0.25) is 0 Å². The quantitative estimate of drug-likeness (QED) is 0.806. The lowest BCUT2D eigenvalue weighted by Crippen LogP contribution is -2.59. The number of hydrogen-bond acceptors (Lipinski definition) is 3. The van der Waals surface area contributed by atoms with Crippen molar-refractivity contribution >= 4 is 5.69 Å². The Labute approximate surface area is 96.8 Å².